The summed E-state index contributed by atoms with van der Waals surface area (Å²) in [5.74, 6) is -0.890. The lowest BCUT2D eigenvalue weighted by Crippen LogP contribution is -2.43. The van der Waals surface area contributed by atoms with Gasteiger partial charge in [-0.15, -0.1) is 4.52 Å². The molecule has 4 heterocycles. The molecule has 3 aliphatic rings. The molecular weight excluding hydrogens is 1040 g/mol. The Bertz CT molecular complexity index is 3020. The van der Waals surface area contributed by atoms with Gasteiger partial charge in [0.1, 0.15) is 48.8 Å². The fourth-order valence-corrected chi connectivity index (χ4v) is 11.4. The van der Waals surface area contributed by atoms with Crippen molar-refractivity contribution in [3.05, 3.63) is 83.9 Å². The predicted octanol–water partition coefficient (Wildman–Crippen LogP) is 2.49. The number of thiocarbonyl (C=S) groups is 1. The Hall–Kier alpha value is -5.48. The third-order valence-electron chi connectivity index (χ3n) is 11.4. The standard InChI is InChI=1S/C42H51N10O17P3S/c1-5-50(6-2)24-10-12-26-30(18-24)65-31-19-25(51(7-3)8-4)11-13-27(31)33(26)23-9-14-29(28(17-23)40(54)55)49-41(73)44-15-16-45-42(56)67-36-32(20-64-71(60,61)69-72(62,63)68-70(57,58)59)66-39(35(36)53)52-22-48-34-37(43)46-21-47-38(34)52/h9-14,17-19,21-22,32,35-36,39,53,60-61H,5-8,15-16,20H2,1-4H3,(H7-,43,44,45,46,47,54,55,56,57,58,59,62,63,73)/p+1/t32-,35-,36-,39-/m1/s1. The number of aliphatic hydroxyl groups excluding tert-OH is 1. The van der Waals surface area contributed by atoms with Crippen molar-refractivity contribution in [1.82, 2.24) is 34.7 Å². The number of nitrogens with one attached hydrogen (secondary N) is 4. The topological polar surface area (TPSA) is 391 Å². The predicted molar refractivity (Wildman–Crippen MR) is 267 cm³/mol. The summed E-state index contributed by atoms with van der Waals surface area (Å²) in [6.45, 7) is 10.1. The molecule has 31 heteroatoms. The molecule has 0 radical (unpaired) electrons. The molecular formula is C42H52N10O17P3S+. The van der Waals surface area contributed by atoms with Crippen LogP contribution in [0.3, 0.4) is 0 Å². The molecule has 1 saturated heterocycles. The molecule has 1 unspecified atom stereocenters. The van der Waals surface area contributed by atoms with Gasteiger partial charge in [-0.1, -0.05) is 6.07 Å². The Kier molecular flexibility index (Phi) is 17.4. The third kappa shape index (κ3) is 13.1. The molecule has 73 heavy (non-hydrogen) atoms. The maximum atomic E-state index is 13.1. The smallest absolute Gasteiger partial charge is 0.603 e. The van der Waals surface area contributed by atoms with Crippen molar-refractivity contribution in [3.8, 4) is 22.5 Å². The number of nitrogens with zero attached hydrogens (tertiary/aromatic N) is 6. The number of carboxylic acids is 1. The van der Waals surface area contributed by atoms with Gasteiger partial charge in [-0.2, -0.15) is 24.5 Å². The van der Waals surface area contributed by atoms with E-state index in [0.29, 0.717) is 16.9 Å². The first kappa shape index (κ1) is 55.3. The number of benzene rings is 3. The Labute approximate surface area is 422 Å². The average molecular weight is 1090 g/mol. The number of rotatable bonds is 20. The monoisotopic (exact) mass is 1090 g/mol. The molecule has 0 bridgehead atoms. The summed E-state index contributed by atoms with van der Waals surface area (Å²) >= 11 is 5.48. The van der Waals surface area contributed by atoms with Crippen LogP contribution in [0.25, 0.3) is 50.3 Å². The molecule has 27 nitrogen and oxygen atoms in total. The first-order valence-corrected chi connectivity index (χ1v) is 27.3. The number of anilines is 2. The van der Waals surface area contributed by atoms with E-state index >= 15 is 0 Å². The number of ether oxygens (including phenoxy) is 2. The van der Waals surface area contributed by atoms with Gasteiger partial charge in [-0.05, 0) is 81.6 Å². The molecule has 4 aromatic rings. The Morgan fingerprint density at radius 2 is 1.67 bits per heavy atom. The lowest BCUT2D eigenvalue weighted by atomic mass is 9.92. The van der Waals surface area contributed by atoms with Gasteiger partial charge in [0, 0.05) is 71.2 Å². The zero-order valence-corrected chi connectivity index (χ0v) is 42.8. The molecule has 2 aromatic heterocycles. The minimum absolute atomic E-state index is 0.00226. The van der Waals surface area contributed by atoms with Crippen molar-refractivity contribution in [2.45, 2.75) is 52.2 Å². The number of aromatic nitrogens is 4. The largest absolute Gasteiger partial charge is 0.615 e. The van der Waals surface area contributed by atoms with Crippen LogP contribution in [0.5, 0.6) is 0 Å². The van der Waals surface area contributed by atoms with E-state index in [2.05, 4.69) is 76.7 Å². The van der Waals surface area contributed by atoms with Crippen molar-refractivity contribution < 1.29 is 81.1 Å². The summed E-state index contributed by atoms with van der Waals surface area (Å²) in [5, 5.41) is 31.8. The van der Waals surface area contributed by atoms with Crippen LogP contribution >= 0.6 is 36.7 Å². The molecule has 0 spiro atoms. The van der Waals surface area contributed by atoms with Gasteiger partial charge in [-0.3, -0.25) is 4.57 Å². The lowest BCUT2D eigenvalue weighted by molar-refractivity contribution is -0.256. The molecule has 1 fully saturated rings. The normalized spacial score (nSPS) is 17.9. The summed E-state index contributed by atoms with van der Waals surface area (Å²) in [4.78, 5) is 111. The summed E-state index contributed by atoms with van der Waals surface area (Å²) in [6.07, 6.45) is -5.60. The molecule has 7 rings (SSSR count). The second kappa shape index (κ2) is 23.0. The van der Waals surface area contributed by atoms with E-state index in [1.165, 1.54) is 0 Å². The number of carbonyl (C=O) groups excluding carboxylic acids is 1. The number of carboxylic acid groups (broad SMARTS) is 1. The first-order valence-electron chi connectivity index (χ1n) is 22.3. The molecule has 11 N–H and O–H groups in total. The zero-order chi connectivity index (χ0) is 53.0. The molecule has 2 aliphatic heterocycles. The zero-order valence-electron chi connectivity index (χ0n) is 39.3. The van der Waals surface area contributed by atoms with E-state index in [0.717, 1.165) is 71.0 Å². The Morgan fingerprint density at radius 1 is 0.945 bits per heavy atom. The number of phosphoric acid groups is 2. The summed E-state index contributed by atoms with van der Waals surface area (Å²) in [7, 11) is -17.0. The van der Waals surface area contributed by atoms with Crippen LogP contribution in [0, 0.1) is 0 Å². The van der Waals surface area contributed by atoms with Crippen molar-refractivity contribution >= 4 is 93.2 Å². The number of hydrogen-bond acceptors (Lipinski definition) is 21. The van der Waals surface area contributed by atoms with Crippen LogP contribution < -0.4 is 40.6 Å². The van der Waals surface area contributed by atoms with E-state index < -0.39 is 67.7 Å². The number of aliphatic hydroxyl groups is 1. The number of imidazole rings is 1. The van der Waals surface area contributed by atoms with Gasteiger partial charge in [0.15, 0.2) is 23.1 Å². The van der Waals surface area contributed by atoms with Crippen LogP contribution in [-0.4, -0.2) is 136 Å². The molecule has 392 valence electrons. The van der Waals surface area contributed by atoms with Crippen LogP contribution in [0.1, 0.15) is 44.3 Å². The number of carbonyl (C=O) groups is 2. The van der Waals surface area contributed by atoms with Gasteiger partial charge in [0.2, 0.25) is 5.36 Å². The van der Waals surface area contributed by atoms with Crippen LogP contribution in [-0.2, 0) is 22.6 Å². The number of hydrogen-bond donors (Lipinski definition) is 10. The maximum Gasteiger partial charge on any atom is 0.615 e. The average Bonchev–Trinajstić information content (AvgIpc) is 3.89. The summed E-state index contributed by atoms with van der Waals surface area (Å²) < 4.78 is 33.6. The lowest BCUT2D eigenvalue weighted by Gasteiger charge is -2.22. The molecule has 2 aromatic carbocycles. The van der Waals surface area contributed by atoms with Gasteiger partial charge in [0.25, 0.3) is 0 Å². The number of aromatic carboxylic acids is 1. The SMILES string of the molecule is CCN(CC)c1ccc2c(-c3ccc(NC(=S)NCCNC(=O)O[C@H]4[C@@H](O)[C@H](n5cnc6c([NH-])ncnc65)O[C@@H]4CO[P+](O)(O)O[P+]([O-])(O)O[P+]([O-])(O)O)c(C(=O)O)c3)c3ccc(=[N+](CC)CC)cc-3oc2c1. The summed E-state index contributed by atoms with van der Waals surface area (Å²) in [5.41, 5.74) is 11.8. The van der Waals surface area contributed by atoms with Gasteiger partial charge >= 0.3 is 36.6 Å². The fraction of sp³-hybridized carbons (Fsp3) is 0.357. The van der Waals surface area contributed by atoms with Crippen LogP contribution in [0.15, 0.2) is 71.7 Å². The van der Waals surface area contributed by atoms with Crippen LogP contribution in [0.2, 0.25) is 0 Å². The van der Waals surface area contributed by atoms with E-state index in [1.54, 1.807) is 18.2 Å². The highest BCUT2D eigenvalue weighted by molar-refractivity contribution is 7.80. The minimum atomic E-state index is -5.84. The fourth-order valence-electron chi connectivity index (χ4n) is 8.15. The second-order valence-corrected chi connectivity index (χ2v) is 20.8. The van der Waals surface area contributed by atoms with Crippen molar-refractivity contribution in [2.75, 3.05) is 56.1 Å². The van der Waals surface area contributed by atoms with E-state index in [9.17, 15) is 44.3 Å². The quantitative estimate of drug-likeness (QED) is 0.0173. The molecule has 1 aliphatic carbocycles. The van der Waals surface area contributed by atoms with E-state index in [1.807, 2.05) is 36.4 Å². The number of fused-ring (bicyclic) bond motifs is 3. The summed E-state index contributed by atoms with van der Waals surface area (Å²) in [6, 6.07) is 16.9. The van der Waals surface area contributed by atoms with E-state index in [-0.39, 0.29) is 46.4 Å². The minimum Gasteiger partial charge on any atom is -0.603 e. The highest BCUT2D eigenvalue weighted by atomic mass is 32.1. The van der Waals surface area contributed by atoms with Crippen molar-refractivity contribution in [1.29, 1.82) is 0 Å². The first-order chi connectivity index (χ1) is 34.5. The highest BCUT2D eigenvalue weighted by Gasteiger charge is 2.60. The Morgan fingerprint density at radius 3 is 2.36 bits per heavy atom. The van der Waals surface area contributed by atoms with E-state index in [4.69, 9.17) is 46.2 Å². The Balaban J connectivity index is 1.04. The molecule has 5 atom stereocenters. The van der Waals surface area contributed by atoms with Gasteiger partial charge < -0.3 is 65.5 Å². The van der Waals surface area contributed by atoms with Crippen molar-refractivity contribution in [2.24, 2.45) is 0 Å². The second-order valence-electron chi connectivity index (χ2n) is 15.9. The maximum absolute atomic E-state index is 13.1. The van der Waals surface area contributed by atoms with Gasteiger partial charge in [0.05, 0.1) is 28.0 Å². The molecule has 0 saturated carbocycles. The number of alkyl carbamates (subject to hydrolysis) is 1. The molecule has 1 amide bonds. The number of amides is 1. The van der Waals surface area contributed by atoms with Gasteiger partial charge in [-0.25, -0.2) is 24.1 Å². The highest BCUT2D eigenvalue weighted by Crippen LogP contribution is 2.72. The third-order valence-corrected chi connectivity index (χ3v) is 15.5. The van der Waals surface area contributed by atoms with Crippen LogP contribution in [0.4, 0.5) is 22.0 Å². The van der Waals surface area contributed by atoms with Crippen molar-refractivity contribution in [3.63, 3.8) is 0 Å².